The molecule has 13 heavy (non-hydrogen) atoms. The Bertz CT molecular complexity index is 192. The number of carbonyl (C=O) groups is 1. The van der Waals surface area contributed by atoms with Crippen molar-refractivity contribution in [2.24, 2.45) is 0 Å². The lowest BCUT2D eigenvalue weighted by Crippen LogP contribution is -2.38. The number of hydrogen-bond acceptors (Lipinski definition) is 2. The summed E-state index contributed by atoms with van der Waals surface area (Å²) in [6, 6.07) is 0. The Hall–Kier alpha value is -0.830. The van der Waals surface area contributed by atoms with Crippen LogP contribution >= 0.6 is 0 Å². The van der Waals surface area contributed by atoms with Crippen LogP contribution in [-0.2, 0) is 9.53 Å². The molecule has 0 atom stereocenters. The molecule has 0 rings (SSSR count). The summed E-state index contributed by atoms with van der Waals surface area (Å²) < 4.78 is 5.81. The van der Waals surface area contributed by atoms with Crippen LogP contribution in [0.3, 0.4) is 0 Å². The van der Waals surface area contributed by atoms with Crippen molar-refractivity contribution in [2.75, 3.05) is 34.3 Å². The third-order valence-corrected chi connectivity index (χ3v) is 1.71. The molecular formula is C10H20NO2+. The summed E-state index contributed by atoms with van der Waals surface area (Å²) in [5, 5.41) is 0. The van der Waals surface area contributed by atoms with Gasteiger partial charge in [-0.2, -0.15) is 0 Å². The zero-order valence-electron chi connectivity index (χ0n) is 9.09. The van der Waals surface area contributed by atoms with Crippen LogP contribution in [0.25, 0.3) is 0 Å². The Labute approximate surface area is 80.6 Å². The molecule has 0 aliphatic carbocycles. The normalized spacial score (nSPS) is 11.1. The molecule has 0 aliphatic rings. The lowest BCUT2D eigenvalue weighted by Gasteiger charge is -2.23. The predicted octanol–water partition coefficient (Wildman–Crippen LogP) is 1.20. The minimum atomic E-state index is -0.268. The topological polar surface area (TPSA) is 26.3 Å². The van der Waals surface area contributed by atoms with Crippen LogP contribution in [-0.4, -0.2) is 44.7 Å². The highest BCUT2D eigenvalue weighted by Crippen LogP contribution is 2.00. The molecule has 0 aromatic heterocycles. The molecule has 0 saturated carbocycles. The highest BCUT2D eigenvalue weighted by molar-refractivity contribution is 5.87. The molecule has 0 aromatic rings. The van der Waals surface area contributed by atoms with E-state index in [4.69, 9.17) is 4.74 Å². The first-order valence-electron chi connectivity index (χ1n) is 4.52. The SMILES string of the molecule is C=C(CC)C(=O)OCC[N+](C)(C)C. The number of ether oxygens (including phenoxy) is 1. The summed E-state index contributed by atoms with van der Waals surface area (Å²) in [7, 11) is 6.17. The number of likely N-dealkylation sites (N-methyl/N-ethyl adjacent to an activating group) is 1. The summed E-state index contributed by atoms with van der Waals surface area (Å²) in [5.74, 6) is -0.268. The Balaban J connectivity index is 3.66. The number of nitrogens with zero attached hydrogens (tertiary/aromatic N) is 1. The maximum atomic E-state index is 11.1. The first-order chi connectivity index (χ1) is 5.87. The fourth-order valence-corrected chi connectivity index (χ4v) is 0.659. The zero-order valence-corrected chi connectivity index (χ0v) is 9.09. The standard InChI is InChI=1S/C10H20NO2/c1-6-9(2)10(12)13-8-7-11(3,4)5/h2,6-8H2,1,3-5H3/q+1. The fourth-order valence-electron chi connectivity index (χ4n) is 0.659. The van der Waals surface area contributed by atoms with Crippen LogP contribution in [0.4, 0.5) is 0 Å². The Morgan fingerprint density at radius 3 is 2.31 bits per heavy atom. The van der Waals surface area contributed by atoms with E-state index >= 15 is 0 Å². The van der Waals surface area contributed by atoms with Crippen LogP contribution in [0, 0.1) is 0 Å². The molecule has 0 amide bonds. The Kier molecular flexibility index (Phi) is 4.70. The van der Waals surface area contributed by atoms with Gasteiger partial charge in [0.1, 0.15) is 13.2 Å². The highest BCUT2D eigenvalue weighted by Gasteiger charge is 2.10. The number of rotatable bonds is 5. The van der Waals surface area contributed by atoms with E-state index in [0.29, 0.717) is 18.6 Å². The molecule has 0 aliphatic heterocycles. The van der Waals surface area contributed by atoms with Gasteiger partial charge in [0.15, 0.2) is 0 Å². The molecule has 3 nitrogen and oxygen atoms in total. The first-order valence-corrected chi connectivity index (χ1v) is 4.52. The second-order valence-electron chi connectivity index (χ2n) is 4.11. The molecule has 0 unspecified atom stereocenters. The van der Waals surface area contributed by atoms with E-state index in [1.165, 1.54) is 0 Å². The van der Waals surface area contributed by atoms with E-state index < -0.39 is 0 Å². The molecule has 0 radical (unpaired) electrons. The van der Waals surface area contributed by atoms with Gasteiger partial charge in [-0.1, -0.05) is 13.5 Å². The van der Waals surface area contributed by atoms with Gasteiger partial charge in [-0.25, -0.2) is 4.79 Å². The van der Waals surface area contributed by atoms with Crippen molar-refractivity contribution >= 4 is 5.97 Å². The molecule has 0 saturated heterocycles. The maximum Gasteiger partial charge on any atom is 0.333 e. The summed E-state index contributed by atoms with van der Waals surface area (Å²) in [5.41, 5.74) is 0.543. The molecule has 0 spiro atoms. The van der Waals surface area contributed by atoms with E-state index in [1.54, 1.807) is 0 Å². The summed E-state index contributed by atoms with van der Waals surface area (Å²) in [6.07, 6.45) is 0.656. The van der Waals surface area contributed by atoms with E-state index in [-0.39, 0.29) is 5.97 Å². The largest absolute Gasteiger partial charge is 0.456 e. The van der Waals surface area contributed by atoms with Crippen LogP contribution in [0.2, 0.25) is 0 Å². The maximum absolute atomic E-state index is 11.1. The van der Waals surface area contributed by atoms with Crippen molar-refractivity contribution in [1.29, 1.82) is 0 Å². The number of quaternary nitrogens is 1. The molecule has 0 heterocycles. The van der Waals surface area contributed by atoms with Gasteiger partial charge in [-0.05, 0) is 6.42 Å². The summed E-state index contributed by atoms with van der Waals surface area (Å²) >= 11 is 0. The van der Waals surface area contributed by atoms with Gasteiger partial charge >= 0.3 is 5.97 Å². The van der Waals surface area contributed by atoms with Crippen molar-refractivity contribution in [3.63, 3.8) is 0 Å². The Morgan fingerprint density at radius 2 is 1.92 bits per heavy atom. The van der Waals surface area contributed by atoms with Crippen LogP contribution in [0.5, 0.6) is 0 Å². The Morgan fingerprint density at radius 1 is 1.38 bits per heavy atom. The average molecular weight is 186 g/mol. The van der Waals surface area contributed by atoms with Crippen molar-refractivity contribution in [2.45, 2.75) is 13.3 Å². The predicted molar refractivity (Wildman–Crippen MR) is 53.3 cm³/mol. The monoisotopic (exact) mass is 186 g/mol. The van der Waals surface area contributed by atoms with Crippen LogP contribution in [0.1, 0.15) is 13.3 Å². The summed E-state index contributed by atoms with van der Waals surface area (Å²) in [4.78, 5) is 11.1. The van der Waals surface area contributed by atoms with Gasteiger partial charge in [0.25, 0.3) is 0 Å². The molecule has 0 bridgehead atoms. The molecule has 76 valence electrons. The molecular weight excluding hydrogens is 166 g/mol. The minimum Gasteiger partial charge on any atom is -0.456 e. The van der Waals surface area contributed by atoms with Crippen LogP contribution < -0.4 is 0 Å². The first kappa shape index (κ1) is 12.2. The van der Waals surface area contributed by atoms with E-state index in [1.807, 2.05) is 6.92 Å². The number of esters is 1. The average Bonchev–Trinajstić information content (AvgIpc) is 2.00. The quantitative estimate of drug-likeness (QED) is 0.366. The van der Waals surface area contributed by atoms with Crippen molar-refractivity contribution < 1.29 is 14.0 Å². The van der Waals surface area contributed by atoms with Gasteiger partial charge in [-0.15, -0.1) is 0 Å². The second kappa shape index (κ2) is 5.02. The number of carbonyl (C=O) groups excluding carboxylic acids is 1. The zero-order chi connectivity index (χ0) is 10.5. The number of hydrogen-bond donors (Lipinski definition) is 0. The van der Waals surface area contributed by atoms with Crippen LogP contribution in [0.15, 0.2) is 12.2 Å². The van der Waals surface area contributed by atoms with Crippen molar-refractivity contribution in [1.82, 2.24) is 0 Å². The fraction of sp³-hybridized carbons (Fsp3) is 0.700. The smallest absolute Gasteiger partial charge is 0.333 e. The van der Waals surface area contributed by atoms with Crippen molar-refractivity contribution in [3.05, 3.63) is 12.2 Å². The highest BCUT2D eigenvalue weighted by atomic mass is 16.5. The van der Waals surface area contributed by atoms with Crippen molar-refractivity contribution in [3.8, 4) is 0 Å². The minimum absolute atomic E-state index is 0.268. The molecule has 0 aromatic carbocycles. The van der Waals surface area contributed by atoms with Gasteiger partial charge in [-0.3, -0.25) is 0 Å². The van der Waals surface area contributed by atoms with E-state index in [9.17, 15) is 4.79 Å². The van der Waals surface area contributed by atoms with Gasteiger partial charge in [0.2, 0.25) is 0 Å². The van der Waals surface area contributed by atoms with Gasteiger partial charge < -0.3 is 9.22 Å². The third-order valence-electron chi connectivity index (χ3n) is 1.71. The molecule has 0 N–H and O–H groups in total. The molecule has 0 fully saturated rings. The summed E-state index contributed by atoms with van der Waals surface area (Å²) in [6.45, 7) is 6.78. The van der Waals surface area contributed by atoms with E-state index in [0.717, 1.165) is 11.0 Å². The van der Waals surface area contributed by atoms with E-state index in [2.05, 4.69) is 27.7 Å². The lowest BCUT2D eigenvalue weighted by atomic mass is 10.2. The lowest BCUT2D eigenvalue weighted by molar-refractivity contribution is -0.870. The molecule has 3 heteroatoms. The second-order valence-corrected chi connectivity index (χ2v) is 4.11. The van der Waals surface area contributed by atoms with Gasteiger partial charge in [0, 0.05) is 5.57 Å². The third kappa shape index (κ3) is 6.34. The van der Waals surface area contributed by atoms with Gasteiger partial charge in [0.05, 0.1) is 21.1 Å².